The van der Waals surface area contributed by atoms with Gasteiger partial charge in [-0.25, -0.2) is 0 Å². The Bertz CT molecular complexity index is 417. The van der Waals surface area contributed by atoms with E-state index >= 15 is 0 Å². The molecule has 1 saturated carbocycles. The largest absolute Gasteiger partial charge is 0.426 e. The maximum atomic E-state index is 11.7. The standard InChI is InChI=1S/C15H20O2/c1-4-15(2,3)12-7-5-6-8-13(12)17-14(16)11-9-10-11/h5-8,11H,4,9-10H2,1-3H3. The number of rotatable bonds is 4. The van der Waals surface area contributed by atoms with E-state index in [1.807, 2.05) is 18.2 Å². The quantitative estimate of drug-likeness (QED) is 0.584. The van der Waals surface area contributed by atoms with Crippen molar-refractivity contribution in [1.29, 1.82) is 0 Å². The van der Waals surface area contributed by atoms with E-state index in [1.165, 1.54) is 0 Å². The van der Waals surface area contributed by atoms with Crippen molar-refractivity contribution in [3.05, 3.63) is 29.8 Å². The van der Waals surface area contributed by atoms with Crippen molar-refractivity contribution in [2.75, 3.05) is 0 Å². The van der Waals surface area contributed by atoms with Crippen molar-refractivity contribution in [2.24, 2.45) is 5.92 Å². The van der Waals surface area contributed by atoms with Gasteiger partial charge in [-0.05, 0) is 30.7 Å². The maximum absolute atomic E-state index is 11.7. The van der Waals surface area contributed by atoms with Crippen LogP contribution < -0.4 is 4.74 Å². The Balaban J connectivity index is 2.23. The number of esters is 1. The Labute approximate surface area is 103 Å². The summed E-state index contributed by atoms with van der Waals surface area (Å²) in [5.41, 5.74) is 1.16. The molecule has 1 fully saturated rings. The minimum atomic E-state index is -0.0654. The first-order valence-corrected chi connectivity index (χ1v) is 6.36. The Kier molecular flexibility index (Phi) is 3.23. The average Bonchev–Trinajstić information content (AvgIpc) is 3.13. The second kappa shape index (κ2) is 4.52. The zero-order valence-electron chi connectivity index (χ0n) is 10.8. The van der Waals surface area contributed by atoms with Gasteiger partial charge in [-0.1, -0.05) is 39.0 Å². The lowest BCUT2D eigenvalue weighted by molar-refractivity contribution is -0.135. The fraction of sp³-hybridized carbons (Fsp3) is 0.533. The number of ether oxygens (including phenoxy) is 1. The lowest BCUT2D eigenvalue weighted by Crippen LogP contribution is -2.19. The van der Waals surface area contributed by atoms with Crippen molar-refractivity contribution >= 4 is 5.97 Å². The summed E-state index contributed by atoms with van der Waals surface area (Å²) >= 11 is 0. The highest BCUT2D eigenvalue weighted by Gasteiger charge is 2.33. The minimum absolute atomic E-state index is 0.0421. The van der Waals surface area contributed by atoms with Crippen LogP contribution in [0.2, 0.25) is 0 Å². The van der Waals surface area contributed by atoms with Crippen LogP contribution >= 0.6 is 0 Å². The normalized spacial score (nSPS) is 15.7. The molecule has 2 nitrogen and oxygen atoms in total. The SMILES string of the molecule is CCC(C)(C)c1ccccc1OC(=O)C1CC1. The highest BCUT2D eigenvalue weighted by Crippen LogP contribution is 2.36. The summed E-state index contributed by atoms with van der Waals surface area (Å²) in [6.45, 7) is 6.51. The van der Waals surface area contributed by atoms with Gasteiger partial charge in [0.05, 0.1) is 5.92 Å². The fourth-order valence-electron chi connectivity index (χ4n) is 1.82. The predicted octanol–water partition coefficient (Wildman–Crippen LogP) is 3.69. The van der Waals surface area contributed by atoms with Crippen molar-refractivity contribution in [3.63, 3.8) is 0 Å². The third-order valence-electron chi connectivity index (χ3n) is 3.62. The van der Waals surface area contributed by atoms with Crippen molar-refractivity contribution in [1.82, 2.24) is 0 Å². The van der Waals surface area contributed by atoms with E-state index < -0.39 is 0 Å². The van der Waals surface area contributed by atoms with Gasteiger partial charge in [0, 0.05) is 5.56 Å². The highest BCUT2D eigenvalue weighted by molar-refractivity contribution is 5.77. The van der Waals surface area contributed by atoms with Crippen LogP contribution in [0.3, 0.4) is 0 Å². The molecule has 0 amide bonds. The second-order valence-electron chi connectivity index (χ2n) is 5.43. The first kappa shape index (κ1) is 12.2. The van der Waals surface area contributed by atoms with Gasteiger partial charge in [0.2, 0.25) is 0 Å². The molecule has 1 aromatic carbocycles. The summed E-state index contributed by atoms with van der Waals surface area (Å²) in [6.07, 6.45) is 2.99. The Morgan fingerprint density at radius 2 is 2.00 bits per heavy atom. The molecule has 1 aromatic rings. The molecule has 0 unspecified atom stereocenters. The van der Waals surface area contributed by atoms with Crippen LogP contribution in [-0.2, 0) is 10.2 Å². The smallest absolute Gasteiger partial charge is 0.314 e. The molecule has 0 aliphatic heterocycles. The summed E-state index contributed by atoms with van der Waals surface area (Å²) < 4.78 is 5.52. The molecule has 0 spiro atoms. The average molecular weight is 232 g/mol. The zero-order chi connectivity index (χ0) is 12.5. The van der Waals surface area contributed by atoms with E-state index in [-0.39, 0.29) is 17.3 Å². The molecule has 1 aliphatic rings. The van der Waals surface area contributed by atoms with E-state index in [0.29, 0.717) is 0 Å². The van der Waals surface area contributed by atoms with Crippen molar-refractivity contribution in [2.45, 2.75) is 45.4 Å². The number of hydrogen-bond acceptors (Lipinski definition) is 2. The predicted molar refractivity (Wildman–Crippen MR) is 68.1 cm³/mol. The van der Waals surface area contributed by atoms with Gasteiger partial charge in [0.1, 0.15) is 5.75 Å². The summed E-state index contributed by atoms with van der Waals surface area (Å²) in [6, 6.07) is 7.87. The van der Waals surface area contributed by atoms with Crippen LogP contribution in [0.15, 0.2) is 24.3 Å². The van der Waals surface area contributed by atoms with Gasteiger partial charge in [-0.3, -0.25) is 4.79 Å². The zero-order valence-corrected chi connectivity index (χ0v) is 10.8. The van der Waals surface area contributed by atoms with Crippen LogP contribution in [0.25, 0.3) is 0 Å². The maximum Gasteiger partial charge on any atom is 0.314 e. The van der Waals surface area contributed by atoms with Crippen LogP contribution in [0.1, 0.15) is 45.6 Å². The third kappa shape index (κ3) is 2.68. The first-order chi connectivity index (χ1) is 8.04. The minimum Gasteiger partial charge on any atom is -0.426 e. The molecule has 0 aromatic heterocycles. The van der Waals surface area contributed by atoms with Crippen LogP contribution in [0.4, 0.5) is 0 Å². The van der Waals surface area contributed by atoms with Gasteiger partial charge in [0.25, 0.3) is 0 Å². The molecule has 0 heterocycles. The Morgan fingerprint density at radius 1 is 1.35 bits per heavy atom. The number of hydrogen-bond donors (Lipinski definition) is 0. The topological polar surface area (TPSA) is 26.3 Å². The number of para-hydroxylation sites is 1. The van der Waals surface area contributed by atoms with Crippen LogP contribution in [0, 0.1) is 5.92 Å². The van der Waals surface area contributed by atoms with E-state index in [4.69, 9.17) is 4.74 Å². The summed E-state index contributed by atoms with van der Waals surface area (Å²) in [5, 5.41) is 0. The van der Waals surface area contributed by atoms with E-state index in [9.17, 15) is 4.79 Å². The molecule has 17 heavy (non-hydrogen) atoms. The van der Waals surface area contributed by atoms with Gasteiger partial charge >= 0.3 is 5.97 Å². The molecule has 2 heteroatoms. The van der Waals surface area contributed by atoms with Crippen LogP contribution in [-0.4, -0.2) is 5.97 Å². The summed E-state index contributed by atoms with van der Waals surface area (Å²) in [4.78, 5) is 11.7. The first-order valence-electron chi connectivity index (χ1n) is 6.36. The molecule has 0 bridgehead atoms. The Hall–Kier alpha value is -1.31. The molecular weight excluding hydrogens is 212 g/mol. The summed E-state index contributed by atoms with van der Waals surface area (Å²) in [7, 11) is 0. The molecule has 92 valence electrons. The number of carbonyl (C=O) groups excluding carboxylic acids is 1. The van der Waals surface area contributed by atoms with Gasteiger partial charge in [0.15, 0.2) is 0 Å². The molecule has 0 atom stereocenters. The fourth-order valence-corrected chi connectivity index (χ4v) is 1.82. The molecular formula is C15H20O2. The summed E-state index contributed by atoms with van der Waals surface area (Å²) in [5.74, 6) is 0.813. The molecule has 0 N–H and O–H groups in total. The van der Waals surface area contributed by atoms with Gasteiger partial charge in [-0.15, -0.1) is 0 Å². The second-order valence-corrected chi connectivity index (χ2v) is 5.43. The lowest BCUT2D eigenvalue weighted by Gasteiger charge is -2.25. The van der Waals surface area contributed by atoms with E-state index in [0.717, 1.165) is 30.6 Å². The molecule has 0 radical (unpaired) electrons. The van der Waals surface area contributed by atoms with Crippen molar-refractivity contribution in [3.8, 4) is 5.75 Å². The van der Waals surface area contributed by atoms with Gasteiger partial charge in [-0.2, -0.15) is 0 Å². The Morgan fingerprint density at radius 3 is 2.59 bits per heavy atom. The molecule has 1 aliphatic carbocycles. The monoisotopic (exact) mass is 232 g/mol. The van der Waals surface area contributed by atoms with Crippen LogP contribution in [0.5, 0.6) is 5.75 Å². The number of benzene rings is 1. The molecule has 0 saturated heterocycles. The van der Waals surface area contributed by atoms with E-state index in [1.54, 1.807) is 0 Å². The van der Waals surface area contributed by atoms with E-state index in [2.05, 4.69) is 26.8 Å². The molecule has 2 rings (SSSR count). The third-order valence-corrected chi connectivity index (χ3v) is 3.62. The van der Waals surface area contributed by atoms with Gasteiger partial charge < -0.3 is 4.74 Å². The number of carbonyl (C=O) groups is 1. The highest BCUT2D eigenvalue weighted by atomic mass is 16.5. The van der Waals surface area contributed by atoms with Crippen molar-refractivity contribution < 1.29 is 9.53 Å². The lowest BCUT2D eigenvalue weighted by atomic mass is 9.82.